The maximum Gasteiger partial charge on any atom is 0.00884 e. The SMILES string of the molecule is C/C=C(/c1cccc(C)c1C)C1CC=CC(C)=C1C. The van der Waals surface area contributed by atoms with Gasteiger partial charge in [-0.1, -0.05) is 47.6 Å². The van der Waals surface area contributed by atoms with Crippen molar-refractivity contribution in [2.75, 3.05) is 0 Å². The minimum Gasteiger partial charge on any atom is -0.0833 e. The number of aryl methyl sites for hydroxylation is 1. The lowest BCUT2D eigenvalue weighted by atomic mass is 9.79. The van der Waals surface area contributed by atoms with Crippen LogP contribution in [0.3, 0.4) is 0 Å². The Morgan fingerprint density at radius 1 is 1.16 bits per heavy atom. The molecule has 1 aliphatic carbocycles. The number of benzene rings is 1. The molecule has 19 heavy (non-hydrogen) atoms. The third-order valence-electron chi connectivity index (χ3n) is 4.49. The summed E-state index contributed by atoms with van der Waals surface area (Å²) < 4.78 is 0. The second-order valence-electron chi connectivity index (χ2n) is 5.55. The zero-order valence-corrected chi connectivity index (χ0v) is 12.7. The molecule has 0 fully saturated rings. The molecule has 2 rings (SSSR count). The van der Waals surface area contributed by atoms with Crippen molar-refractivity contribution < 1.29 is 0 Å². The fraction of sp³-hybridized carbons (Fsp3) is 0.368. The Kier molecular flexibility index (Phi) is 4.09. The van der Waals surface area contributed by atoms with Gasteiger partial charge in [-0.05, 0) is 63.3 Å². The summed E-state index contributed by atoms with van der Waals surface area (Å²) in [4.78, 5) is 0. The van der Waals surface area contributed by atoms with E-state index in [1.54, 1.807) is 0 Å². The Hall–Kier alpha value is -1.56. The third kappa shape index (κ3) is 2.58. The first kappa shape index (κ1) is 13.9. The van der Waals surface area contributed by atoms with Gasteiger partial charge in [-0.15, -0.1) is 0 Å². The molecule has 0 aliphatic heterocycles. The van der Waals surface area contributed by atoms with Crippen LogP contribution < -0.4 is 0 Å². The zero-order chi connectivity index (χ0) is 14.0. The normalized spacial score (nSPS) is 20.1. The van der Waals surface area contributed by atoms with Crippen molar-refractivity contribution in [1.82, 2.24) is 0 Å². The van der Waals surface area contributed by atoms with Crippen molar-refractivity contribution in [2.45, 2.75) is 41.0 Å². The topological polar surface area (TPSA) is 0 Å². The lowest BCUT2D eigenvalue weighted by molar-refractivity contribution is 0.770. The van der Waals surface area contributed by atoms with Gasteiger partial charge >= 0.3 is 0 Å². The largest absolute Gasteiger partial charge is 0.0833 e. The Labute approximate surface area is 117 Å². The van der Waals surface area contributed by atoms with Crippen LogP contribution in [0.2, 0.25) is 0 Å². The van der Waals surface area contributed by atoms with Crippen LogP contribution in [-0.4, -0.2) is 0 Å². The van der Waals surface area contributed by atoms with Gasteiger partial charge in [0.15, 0.2) is 0 Å². The van der Waals surface area contributed by atoms with Crippen LogP contribution >= 0.6 is 0 Å². The molecule has 0 aromatic heterocycles. The van der Waals surface area contributed by atoms with Gasteiger partial charge in [-0.3, -0.25) is 0 Å². The van der Waals surface area contributed by atoms with E-state index in [0.29, 0.717) is 5.92 Å². The fourth-order valence-corrected chi connectivity index (χ4v) is 2.93. The number of allylic oxidation sites excluding steroid dienone is 6. The van der Waals surface area contributed by atoms with E-state index in [9.17, 15) is 0 Å². The zero-order valence-electron chi connectivity index (χ0n) is 12.7. The molecule has 0 amide bonds. The van der Waals surface area contributed by atoms with Gasteiger partial charge in [0.1, 0.15) is 0 Å². The molecule has 1 atom stereocenters. The van der Waals surface area contributed by atoms with E-state index in [1.165, 1.54) is 33.4 Å². The predicted octanol–water partition coefficient (Wildman–Crippen LogP) is 5.62. The number of hydrogen-bond acceptors (Lipinski definition) is 0. The quantitative estimate of drug-likeness (QED) is 0.641. The van der Waals surface area contributed by atoms with Crippen molar-refractivity contribution in [3.05, 3.63) is 64.3 Å². The van der Waals surface area contributed by atoms with E-state index in [0.717, 1.165) is 6.42 Å². The molecule has 1 aliphatic rings. The molecule has 0 heteroatoms. The van der Waals surface area contributed by atoms with E-state index in [4.69, 9.17) is 0 Å². The van der Waals surface area contributed by atoms with Crippen LogP contribution in [-0.2, 0) is 0 Å². The monoisotopic (exact) mass is 252 g/mol. The molecule has 0 nitrogen and oxygen atoms in total. The highest BCUT2D eigenvalue weighted by Crippen LogP contribution is 2.37. The Morgan fingerprint density at radius 3 is 2.58 bits per heavy atom. The molecule has 0 bridgehead atoms. The van der Waals surface area contributed by atoms with Gasteiger partial charge in [0.05, 0.1) is 0 Å². The highest BCUT2D eigenvalue weighted by Gasteiger charge is 2.20. The first-order chi connectivity index (χ1) is 9.06. The Bertz CT molecular complexity index is 568. The molecule has 1 aromatic carbocycles. The second kappa shape index (κ2) is 5.61. The van der Waals surface area contributed by atoms with E-state index in [1.807, 2.05) is 0 Å². The fourth-order valence-electron chi connectivity index (χ4n) is 2.93. The molecule has 0 N–H and O–H groups in total. The summed E-state index contributed by atoms with van der Waals surface area (Å²) in [7, 11) is 0. The minimum atomic E-state index is 0.537. The smallest absolute Gasteiger partial charge is 0.00884 e. The molecule has 0 radical (unpaired) electrons. The van der Waals surface area contributed by atoms with Crippen molar-refractivity contribution in [1.29, 1.82) is 0 Å². The van der Waals surface area contributed by atoms with Gasteiger partial charge in [0, 0.05) is 5.92 Å². The minimum absolute atomic E-state index is 0.537. The molecule has 0 saturated carbocycles. The first-order valence-corrected chi connectivity index (χ1v) is 7.13. The van der Waals surface area contributed by atoms with Crippen molar-refractivity contribution >= 4 is 5.57 Å². The molecule has 0 spiro atoms. The average molecular weight is 252 g/mol. The highest BCUT2D eigenvalue weighted by molar-refractivity contribution is 5.73. The highest BCUT2D eigenvalue weighted by atomic mass is 14.2. The Balaban J connectivity index is 2.48. The molecule has 1 unspecified atom stereocenters. The number of hydrogen-bond donors (Lipinski definition) is 0. The summed E-state index contributed by atoms with van der Waals surface area (Å²) >= 11 is 0. The van der Waals surface area contributed by atoms with Crippen LogP contribution in [0.25, 0.3) is 5.57 Å². The van der Waals surface area contributed by atoms with Crippen LogP contribution in [0.4, 0.5) is 0 Å². The lowest BCUT2D eigenvalue weighted by Crippen LogP contribution is -2.10. The summed E-state index contributed by atoms with van der Waals surface area (Å²) in [5, 5.41) is 0. The summed E-state index contributed by atoms with van der Waals surface area (Å²) in [6.07, 6.45) is 7.97. The van der Waals surface area contributed by atoms with Crippen LogP contribution in [0.5, 0.6) is 0 Å². The van der Waals surface area contributed by atoms with E-state index in [-0.39, 0.29) is 0 Å². The van der Waals surface area contributed by atoms with Gasteiger partial charge in [-0.2, -0.15) is 0 Å². The first-order valence-electron chi connectivity index (χ1n) is 7.13. The van der Waals surface area contributed by atoms with Gasteiger partial charge in [0.2, 0.25) is 0 Å². The molecular formula is C19H24. The van der Waals surface area contributed by atoms with Crippen molar-refractivity contribution in [2.24, 2.45) is 5.92 Å². The van der Waals surface area contributed by atoms with Crippen molar-refractivity contribution in [3.63, 3.8) is 0 Å². The number of rotatable bonds is 2. The maximum absolute atomic E-state index is 2.31. The van der Waals surface area contributed by atoms with E-state index < -0.39 is 0 Å². The molecule has 0 saturated heterocycles. The van der Waals surface area contributed by atoms with Gasteiger partial charge in [-0.25, -0.2) is 0 Å². The molecule has 0 heterocycles. The summed E-state index contributed by atoms with van der Waals surface area (Å²) in [6, 6.07) is 6.63. The molecular weight excluding hydrogens is 228 g/mol. The van der Waals surface area contributed by atoms with Gasteiger partial charge in [0.25, 0.3) is 0 Å². The van der Waals surface area contributed by atoms with Crippen molar-refractivity contribution in [3.8, 4) is 0 Å². The van der Waals surface area contributed by atoms with Crippen LogP contribution in [0, 0.1) is 19.8 Å². The predicted molar refractivity (Wildman–Crippen MR) is 85.2 cm³/mol. The molecule has 100 valence electrons. The Morgan fingerprint density at radius 2 is 1.89 bits per heavy atom. The standard InChI is InChI=1S/C19H24/c1-6-17(18-11-7-9-13(2)15(18)4)19-12-8-10-14(3)16(19)5/h6-11,19H,12H2,1-5H3/b17-6-. The van der Waals surface area contributed by atoms with E-state index in [2.05, 4.69) is 71.0 Å². The van der Waals surface area contributed by atoms with Gasteiger partial charge < -0.3 is 0 Å². The average Bonchev–Trinajstić information content (AvgIpc) is 2.40. The lowest BCUT2D eigenvalue weighted by Gasteiger charge is -2.26. The third-order valence-corrected chi connectivity index (χ3v) is 4.49. The summed E-state index contributed by atoms with van der Waals surface area (Å²) in [5.74, 6) is 0.537. The summed E-state index contributed by atoms with van der Waals surface area (Å²) in [6.45, 7) is 11.1. The summed E-state index contributed by atoms with van der Waals surface area (Å²) in [5.41, 5.74) is 8.60. The van der Waals surface area contributed by atoms with Crippen LogP contribution in [0.1, 0.15) is 43.9 Å². The maximum atomic E-state index is 2.31. The second-order valence-corrected chi connectivity index (χ2v) is 5.55. The van der Waals surface area contributed by atoms with Crippen LogP contribution in [0.15, 0.2) is 47.6 Å². The molecule has 1 aromatic rings. The van der Waals surface area contributed by atoms with E-state index >= 15 is 0 Å².